The van der Waals surface area contributed by atoms with Crippen molar-refractivity contribution >= 4 is 0 Å². The maximum Gasteiger partial charge on any atom is 0.227 e. The van der Waals surface area contributed by atoms with Crippen LogP contribution in [0, 0.1) is 17.6 Å². The molecule has 1 aliphatic rings. The minimum atomic E-state index is -0.912. The van der Waals surface area contributed by atoms with Gasteiger partial charge >= 0.3 is 0 Å². The molecule has 1 fully saturated rings. The lowest BCUT2D eigenvalue weighted by atomic mass is 9.96. The highest BCUT2D eigenvalue weighted by molar-refractivity contribution is 5.54. The van der Waals surface area contributed by atoms with Crippen molar-refractivity contribution in [2.24, 2.45) is 5.92 Å². The molecule has 1 aromatic heterocycles. The van der Waals surface area contributed by atoms with Crippen LogP contribution in [0.1, 0.15) is 18.7 Å². The zero-order valence-corrected chi connectivity index (χ0v) is 10.9. The molecule has 1 saturated heterocycles. The van der Waals surface area contributed by atoms with Gasteiger partial charge in [-0.15, -0.1) is 0 Å². The van der Waals surface area contributed by atoms with Gasteiger partial charge in [-0.3, -0.25) is 0 Å². The Kier molecular flexibility index (Phi) is 3.73. The van der Waals surface area contributed by atoms with Crippen molar-refractivity contribution in [1.82, 2.24) is 15.5 Å². The van der Waals surface area contributed by atoms with Crippen molar-refractivity contribution in [3.8, 4) is 11.4 Å². The third-order valence-electron chi connectivity index (χ3n) is 3.51. The van der Waals surface area contributed by atoms with E-state index in [1.807, 2.05) is 0 Å². The monoisotopic (exact) mass is 279 g/mol. The topological polar surface area (TPSA) is 51.0 Å². The minimum absolute atomic E-state index is 0.294. The maximum atomic E-state index is 13.2. The van der Waals surface area contributed by atoms with Crippen LogP contribution in [-0.4, -0.2) is 23.2 Å². The summed E-state index contributed by atoms with van der Waals surface area (Å²) in [7, 11) is 0. The van der Waals surface area contributed by atoms with Crippen molar-refractivity contribution < 1.29 is 13.3 Å². The summed E-state index contributed by atoms with van der Waals surface area (Å²) >= 11 is 0. The standard InChI is InChI=1S/C14H15F2N3O/c15-11-4-3-10(7-12(11)16)14-18-13(20-19-14)6-9-2-1-5-17-8-9/h3-4,7,9,17H,1-2,5-6,8H2. The first-order valence-electron chi connectivity index (χ1n) is 6.71. The van der Waals surface area contributed by atoms with Crippen LogP contribution >= 0.6 is 0 Å². The Hall–Kier alpha value is -1.82. The largest absolute Gasteiger partial charge is 0.339 e. The molecule has 0 aliphatic carbocycles. The van der Waals surface area contributed by atoms with Crippen LogP contribution in [0.4, 0.5) is 8.78 Å². The van der Waals surface area contributed by atoms with E-state index in [2.05, 4.69) is 15.5 Å². The Morgan fingerprint density at radius 1 is 1.30 bits per heavy atom. The van der Waals surface area contributed by atoms with Gasteiger partial charge in [0.05, 0.1) is 0 Å². The summed E-state index contributed by atoms with van der Waals surface area (Å²) in [5.41, 5.74) is 0.417. The van der Waals surface area contributed by atoms with Crippen LogP contribution in [0.2, 0.25) is 0 Å². The number of rotatable bonds is 3. The molecule has 6 heteroatoms. The lowest BCUT2D eigenvalue weighted by Gasteiger charge is -2.20. The van der Waals surface area contributed by atoms with E-state index in [1.54, 1.807) is 0 Å². The normalized spacial score (nSPS) is 19.2. The minimum Gasteiger partial charge on any atom is -0.339 e. The van der Waals surface area contributed by atoms with Gasteiger partial charge in [0, 0.05) is 12.0 Å². The van der Waals surface area contributed by atoms with E-state index >= 15 is 0 Å². The van der Waals surface area contributed by atoms with Gasteiger partial charge in [-0.05, 0) is 50.0 Å². The Morgan fingerprint density at radius 2 is 2.20 bits per heavy atom. The number of halogens is 2. The van der Waals surface area contributed by atoms with Crippen LogP contribution in [0.15, 0.2) is 22.7 Å². The molecule has 0 radical (unpaired) electrons. The van der Waals surface area contributed by atoms with E-state index in [4.69, 9.17) is 4.52 Å². The molecule has 1 aliphatic heterocycles. The molecular formula is C14H15F2N3O. The van der Waals surface area contributed by atoms with Crippen molar-refractivity contribution in [3.63, 3.8) is 0 Å². The maximum absolute atomic E-state index is 13.2. The van der Waals surface area contributed by atoms with Crippen LogP contribution < -0.4 is 5.32 Å². The van der Waals surface area contributed by atoms with Crippen molar-refractivity contribution in [2.75, 3.05) is 13.1 Å². The first kappa shape index (κ1) is 13.2. The fourth-order valence-electron chi connectivity index (χ4n) is 2.44. The van der Waals surface area contributed by atoms with E-state index in [1.165, 1.54) is 6.07 Å². The first-order chi connectivity index (χ1) is 9.72. The number of hydrogen-bond acceptors (Lipinski definition) is 4. The molecule has 2 heterocycles. The van der Waals surface area contributed by atoms with E-state index in [0.717, 1.165) is 38.1 Å². The van der Waals surface area contributed by atoms with Gasteiger partial charge < -0.3 is 9.84 Å². The number of benzene rings is 1. The predicted octanol–water partition coefficient (Wildman–Crippen LogP) is 2.56. The van der Waals surface area contributed by atoms with Crippen molar-refractivity contribution in [1.29, 1.82) is 0 Å². The molecule has 3 rings (SSSR count). The Morgan fingerprint density at radius 3 is 2.95 bits per heavy atom. The average molecular weight is 279 g/mol. The molecule has 20 heavy (non-hydrogen) atoms. The van der Waals surface area contributed by atoms with Crippen molar-refractivity contribution in [2.45, 2.75) is 19.3 Å². The second kappa shape index (κ2) is 5.66. The quantitative estimate of drug-likeness (QED) is 0.938. The zero-order valence-electron chi connectivity index (χ0n) is 10.9. The molecule has 106 valence electrons. The van der Waals surface area contributed by atoms with Crippen LogP contribution in [0.25, 0.3) is 11.4 Å². The highest BCUT2D eigenvalue weighted by Gasteiger charge is 2.18. The SMILES string of the molecule is Fc1ccc(-c2noc(CC3CCCNC3)n2)cc1F. The second-order valence-electron chi connectivity index (χ2n) is 5.06. The highest BCUT2D eigenvalue weighted by atomic mass is 19.2. The lowest BCUT2D eigenvalue weighted by Crippen LogP contribution is -2.30. The predicted molar refractivity (Wildman–Crippen MR) is 68.9 cm³/mol. The number of piperidine rings is 1. The third-order valence-corrected chi connectivity index (χ3v) is 3.51. The Bertz CT molecular complexity index is 594. The smallest absolute Gasteiger partial charge is 0.227 e. The molecule has 1 atom stereocenters. The molecule has 4 nitrogen and oxygen atoms in total. The Labute approximate surface area is 115 Å². The molecule has 1 N–H and O–H groups in total. The lowest BCUT2D eigenvalue weighted by molar-refractivity contribution is 0.316. The number of hydrogen-bond donors (Lipinski definition) is 1. The molecular weight excluding hydrogens is 264 g/mol. The van der Waals surface area contributed by atoms with Crippen LogP contribution in [-0.2, 0) is 6.42 Å². The fourth-order valence-corrected chi connectivity index (χ4v) is 2.44. The van der Waals surface area contributed by atoms with Gasteiger partial charge in [-0.25, -0.2) is 8.78 Å². The number of nitrogens with zero attached hydrogens (tertiary/aromatic N) is 2. The van der Waals surface area contributed by atoms with Gasteiger partial charge in [0.1, 0.15) is 0 Å². The summed E-state index contributed by atoms with van der Waals surface area (Å²) in [5.74, 6) is -0.473. The van der Waals surface area contributed by atoms with Gasteiger partial charge in [0.15, 0.2) is 11.6 Å². The molecule has 0 spiro atoms. The summed E-state index contributed by atoms with van der Waals surface area (Å²) < 4.78 is 31.2. The van der Waals surface area contributed by atoms with Gasteiger partial charge in [0.2, 0.25) is 11.7 Å². The summed E-state index contributed by atoms with van der Waals surface area (Å²) in [5, 5.41) is 7.15. The molecule has 2 aromatic rings. The average Bonchev–Trinajstić information content (AvgIpc) is 2.91. The van der Waals surface area contributed by atoms with E-state index in [9.17, 15) is 8.78 Å². The molecule has 1 aromatic carbocycles. The third kappa shape index (κ3) is 2.85. The summed E-state index contributed by atoms with van der Waals surface area (Å²) in [6.07, 6.45) is 2.99. The number of nitrogens with one attached hydrogen (secondary N) is 1. The van der Waals surface area contributed by atoms with Gasteiger partial charge in [-0.2, -0.15) is 4.98 Å². The summed E-state index contributed by atoms with van der Waals surface area (Å²) in [6.45, 7) is 2.00. The summed E-state index contributed by atoms with van der Waals surface area (Å²) in [6, 6.07) is 3.58. The molecule has 0 bridgehead atoms. The molecule has 0 amide bonds. The van der Waals surface area contributed by atoms with E-state index in [-0.39, 0.29) is 0 Å². The second-order valence-corrected chi connectivity index (χ2v) is 5.06. The molecule has 0 saturated carbocycles. The summed E-state index contributed by atoms with van der Waals surface area (Å²) in [4.78, 5) is 4.25. The van der Waals surface area contributed by atoms with Crippen LogP contribution in [0.5, 0.6) is 0 Å². The highest BCUT2D eigenvalue weighted by Crippen LogP contribution is 2.21. The van der Waals surface area contributed by atoms with E-state index < -0.39 is 11.6 Å². The zero-order chi connectivity index (χ0) is 13.9. The van der Waals surface area contributed by atoms with Crippen LogP contribution in [0.3, 0.4) is 0 Å². The van der Waals surface area contributed by atoms with Crippen molar-refractivity contribution in [3.05, 3.63) is 35.7 Å². The van der Waals surface area contributed by atoms with Gasteiger partial charge in [0.25, 0.3) is 0 Å². The molecule has 1 unspecified atom stereocenters. The van der Waals surface area contributed by atoms with E-state index in [0.29, 0.717) is 29.6 Å². The number of aromatic nitrogens is 2. The first-order valence-corrected chi connectivity index (χ1v) is 6.71. The Balaban J connectivity index is 1.73. The fraction of sp³-hybridized carbons (Fsp3) is 0.429. The van der Waals surface area contributed by atoms with Gasteiger partial charge in [-0.1, -0.05) is 5.16 Å².